The van der Waals surface area contributed by atoms with Gasteiger partial charge in [0.1, 0.15) is 0 Å². The minimum Gasteiger partial charge on any atom is -0.452 e. The van der Waals surface area contributed by atoms with Gasteiger partial charge in [-0.15, -0.1) is 0 Å². The van der Waals surface area contributed by atoms with Crippen molar-refractivity contribution in [1.82, 2.24) is 0 Å². The van der Waals surface area contributed by atoms with Crippen molar-refractivity contribution in [1.29, 1.82) is 0 Å². The third-order valence-electron chi connectivity index (χ3n) is 3.08. The van der Waals surface area contributed by atoms with Crippen molar-refractivity contribution < 1.29 is 19.2 Å². The van der Waals surface area contributed by atoms with E-state index in [-0.39, 0.29) is 11.3 Å². The summed E-state index contributed by atoms with van der Waals surface area (Å²) in [5.74, 6) is -1.37. The molecule has 0 spiro atoms. The van der Waals surface area contributed by atoms with E-state index in [1.54, 1.807) is 18.2 Å². The van der Waals surface area contributed by atoms with Gasteiger partial charge in [0.25, 0.3) is 11.6 Å². The summed E-state index contributed by atoms with van der Waals surface area (Å²) in [6.45, 7) is 1.31. The van der Waals surface area contributed by atoms with Crippen molar-refractivity contribution in [3.63, 3.8) is 0 Å². The number of nitrogens with zero attached hydrogens (tertiary/aromatic N) is 1. The van der Waals surface area contributed by atoms with E-state index in [4.69, 9.17) is 16.3 Å². The zero-order valence-electron chi connectivity index (χ0n) is 12.6. The minimum atomic E-state index is -0.823. The number of nitro groups is 1. The molecule has 7 nitrogen and oxygen atoms in total. The Hall–Kier alpha value is -2.93. The Kier molecular flexibility index (Phi) is 5.49. The molecule has 0 atom stereocenters. The van der Waals surface area contributed by atoms with Crippen molar-refractivity contribution >= 4 is 34.9 Å². The van der Waals surface area contributed by atoms with Crippen LogP contribution in [0.25, 0.3) is 0 Å². The van der Waals surface area contributed by atoms with E-state index in [2.05, 4.69) is 5.32 Å². The van der Waals surface area contributed by atoms with Crippen LogP contribution in [0, 0.1) is 17.0 Å². The van der Waals surface area contributed by atoms with Crippen molar-refractivity contribution in [3.05, 3.63) is 68.7 Å². The number of hydrogen-bond donors (Lipinski definition) is 1. The van der Waals surface area contributed by atoms with Crippen LogP contribution in [0.4, 0.5) is 11.4 Å². The molecule has 0 aliphatic carbocycles. The number of non-ortho nitro benzene ring substituents is 1. The van der Waals surface area contributed by atoms with Crippen LogP contribution >= 0.6 is 11.6 Å². The lowest BCUT2D eigenvalue weighted by molar-refractivity contribution is -0.384. The van der Waals surface area contributed by atoms with Crippen molar-refractivity contribution in [2.45, 2.75) is 6.92 Å². The largest absolute Gasteiger partial charge is 0.452 e. The van der Waals surface area contributed by atoms with E-state index in [0.717, 1.165) is 11.6 Å². The average molecular weight is 349 g/mol. The molecule has 0 unspecified atom stereocenters. The SMILES string of the molecule is Cc1ccc(NC(=O)COC(=O)c2cccc([N+](=O)[O-])c2)cc1Cl. The van der Waals surface area contributed by atoms with Crippen molar-refractivity contribution in [3.8, 4) is 0 Å². The molecule has 0 aliphatic rings. The predicted molar refractivity (Wildman–Crippen MR) is 88.2 cm³/mol. The van der Waals surface area contributed by atoms with Gasteiger partial charge in [-0.25, -0.2) is 4.79 Å². The van der Waals surface area contributed by atoms with Gasteiger partial charge in [-0.05, 0) is 30.7 Å². The Morgan fingerprint density at radius 1 is 1.25 bits per heavy atom. The number of benzene rings is 2. The van der Waals surface area contributed by atoms with Gasteiger partial charge in [-0.3, -0.25) is 14.9 Å². The Labute approximate surface area is 142 Å². The third kappa shape index (κ3) is 4.53. The molecule has 0 bridgehead atoms. The van der Waals surface area contributed by atoms with E-state index >= 15 is 0 Å². The molecule has 0 radical (unpaired) electrons. The number of nitro benzene ring substituents is 1. The first-order chi connectivity index (χ1) is 11.4. The molecule has 2 aromatic carbocycles. The van der Waals surface area contributed by atoms with Gasteiger partial charge in [-0.2, -0.15) is 0 Å². The first-order valence-corrected chi connectivity index (χ1v) is 7.22. The monoisotopic (exact) mass is 348 g/mol. The van der Waals surface area contributed by atoms with Crippen molar-refractivity contribution in [2.75, 3.05) is 11.9 Å². The predicted octanol–water partition coefficient (Wildman–Crippen LogP) is 3.35. The number of nitrogens with one attached hydrogen (secondary N) is 1. The molecule has 0 aromatic heterocycles. The van der Waals surface area contributed by atoms with E-state index in [9.17, 15) is 19.7 Å². The fourth-order valence-electron chi connectivity index (χ4n) is 1.83. The highest BCUT2D eigenvalue weighted by molar-refractivity contribution is 6.31. The van der Waals surface area contributed by atoms with Crippen LogP contribution in [0.5, 0.6) is 0 Å². The summed E-state index contributed by atoms with van der Waals surface area (Å²) in [5, 5.41) is 13.7. The highest BCUT2D eigenvalue weighted by Crippen LogP contribution is 2.20. The number of esters is 1. The van der Waals surface area contributed by atoms with Crippen LogP contribution in [-0.2, 0) is 9.53 Å². The fourth-order valence-corrected chi connectivity index (χ4v) is 2.01. The number of halogens is 1. The maximum Gasteiger partial charge on any atom is 0.338 e. The highest BCUT2D eigenvalue weighted by Gasteiger charge is 2.14. The molecule has 124 valence electrons. The second kappa shape index (κ2) is 7.56. The maximum absolute atomic E-state index is 11.8. The smallest absolute Gasteiger partial charge is 0.338 e. The lowest BCUT2D eigenvalue weighted by atomic mass is 10.2. The van der Waals surface area contributed by atoms with Gasteiger partial charge in [0, 0.05) is 22.8 Å². The molecule has 1 amide bonds. The zero-order chi connectivity index (χ0) is 17.7. The molecule has 0 saturated heterocycles. The highest BCUT2D eigenvalue weighted by atomic mass is 35.5. The summed E-state index contributed by atoms with van der Waals surface area (Å²) >= 11 is 5.95. The third-order valence-corrected chi connectivity index (χ3v) is 3.49. The first-order valence-electron chi connectivity index (χ1n) is 6.84. The van der Waals surface area contributed by atoms with Gasteiger partial charge in [0.2, 0.25) is 0 Å². The molecule has 0 heterocycles. The average Bonchev–Trinajstić information content (AvgIpc) is 2.56. The minimum absolute atomic E-state index is 0.00428. The standard InChI is InChI=1S/C16H13ClN2O5/c1-10-5-6-12(8-14(10)17)18-15(20)9-24-16(21)11-3-2-4-13(7-11)19(22)23/h2-8H,9H2,1H3,(H,18,20). The quantitative estimate of drug-likeness (QED) is 0.507. The van der Waals surface area contributed by atoms with E-state index in [0.29, 0.717) is 10.7 Å². The van der Waals surface area contributed by atoms with Gasteiger partial charge < -0.3 is 10.1 Å². The number of rotatable bonds is 5. The molecule has 0 saturated carbocycles. The van der Waals surface area contributed by atoms with Crippen molar-refractivity contribution in [2.24, 2.45) is 0 Å². The fraction of sp³-hybridized carbons (Fsp3) is 0.125. The Morgan fingerprint density at radius 3 is 2.67 bits per heavy atom. The molecule has 8 heteroatoms. The lowest BCUT2D eigenvalue weighted by Crippen LogP contribution is -2.21. The number of carbonyl (C=O) groups excluding carboxylic acids is 2. The van der Waals surface area contributed by atoms with Gasteiger partial charge in [0.05, 0.1) is 10.5 Å². The summed E-state index contributed by atoms with van der Waals surface area (Å²) in [6.07, 6.45) is 0. The molecule has 0 fully saturated rings. The van der Waals surface area contributed by atoms with Gasteiger partial charge in [0.15, 0.2) is 6.61 Å². The second-order valence-electron chi connectivity index (χ2n) is 4.90. The lowest BCUT2D eigenvalue weighted by Gasteiger charge is -2.08. The second-order valence-corrected chi connectivity index (χ2v) is 5.30. The number of hydrogen-bond acceptors (Lipinski definition) is 5. The summed E-state index contributed by atoms with van der Waals surface area (Å²) in [5.41, 5.74) is 1.10. The Morgan fingerprint density at radius 2 is 2.00 bits per heavy atom. The molecule has 1 N–H and O–H groups in total. The van der Waals surface area contributed by atoms with Crippen LogP contribution in [-0.4, -0.2) is 23.4 Å². The molecular weight excluding hydrogens is 336 g/mol. The maximum atomic E-state index is 11.8. The zero-order valence-corrected chi connectivity index (χ0v) is 13.4. The summed E-state index contributed by atoms with van der Waals surface area (Å²) in [7, 11) is 0. The summed E-state index contributed by atoms with van der Waals surface area (Å²) in [4.78, 5) is 33.7. The molecule has 0 aliphatic heterocycles. The van der Waals surface area contributed by atoms with Gasteiger partial charge in [-0.1, -0.05) is 23.7 Å². The van der Waals surface area contributed by atoms with Crippen LogP contribution in [0.1, 0.15) is 15.9 Å². The number of anilines is 1. The normalized spacial score (nSPS) is 10.1. The molecule has 2 aromatic rings. The number of carbonyl (C=O) groups is 2. The first kappa shape index (κ1) is 17.4. The summed E-state index contributed by atoms with van der Waals surface area (Å²) < 4.78 is 4.84. The van der Waals surface area contributed by atoms with Gasteiger partial charge >= 0.3 is 5.97 Å². The van der Waals surface area contributed by atoms with E-state index in [1.807, 2.05) is 6.92 Å². The number of aryl methyl sites for hydroxylation is 1. The molecule has 2 rings (SSSR count). The number of amides is 1. The molecule has 24 heavy (non-hydrogen) atoms. The summed E-state index contributed by atoms with van der Waals surface area (Å²) in [6, 6.07) is 10.1. The number of ether oxygens (including phenoxy) is 1. The van der Waals surface area contributed by atoms with Crippen LogP contribution in [0.3, 0.4) is 0 Å². The van der Waals surface area contributed by atoms with Crippen LogP contribution in [0.15, 0.2) is 42.5 Å². The topological polar surface area (TPSA) is 98.5 Å². The Bertz CT molecular complexity index is 807. The van der Waals surface area contributed by atoms with Crippen LogP contribution in [0.2, 0.25) is 5.02 Å². The van der Waals surface area contributed by atoms with E-state index < -0.39 is 23.4 Å². The van der Waals surface area contributed by atoms with E-state index in [1.165, 1.54) is 18.2 Å². The van der Waals surface area contributed by atoms with Crippen LogP contribution < -0.4 is 5.32 Å². The Balaban J connectivity index is 1.93. The molecular formula is C16H13ClN2O5.